The van der Waals surface area contributed by atoms with Crippen molar-refractivity contribution in [2.24, 2.45) is 0 Å². The van der Waals surface area contributed by atoms with Gasteiger partial charge in [-0.3, -0.25) is 0 Å². The van der Waals surface area contributed by atoms with Crippen LogP contribution < -0.4 is 5.32 Å². The number of likely N-dealkylation sites (tertiary alicyclic amines) is 1. The predicted molar refractivity (Wildman–Crippen MR) is 81.2 cm³/mol. The van der Waals surface area contributed by atoms with Crippen LogP contribution in [-0.2, 0) is 4.74 Å². The van der Waals surface area contributed by atoms with Crippen LogP contribution in [0.25, 0.3) is 0 Å². The molecule has 0 bridgehead atoms. The molecule has 1 aliphatic rings. The third kappa shape index (κ3) is 4.58. The third-order valence-electron chi connectivity index (χ3n) is 3.28. The van der Waals surface area contributed by atoms with Crippen molar-refractivity contribution in [1.29, 1.82) is 5.26 Å². The van der Waals surface area contributed by atoms with E-state index in [1.165, 1.54) is 6.33 Å². The molecule has 7 nitrogen and oxygen atoms in total. The number of ether oxygens (including phenoxy) is 1. The van der Waals surface area contributed by atoms with Crippen LogP contribution in [0.5, 0.6) is 0 Å². The molecule has 1 fully saturated rings. The molecular weight excluding hydrogens is 282 g/mol. The van der Waals surface area contributed by atoms with Gasteiger partial charge in [0.1, 0.15) is 29.5 Å². The molecule has 1 amide bonds. The molecule has 0 aliphatic carbocycles. The highest BCUT2D eigenvalue weighted by atomic mass is 16.6. The Labute approximate surface area is 130 Å². The molecule has 0 unspecified atom stereocenters. The number of nitrogens with zero attached hydrogens (tertiary/aromatic N) is 4. The molecule has 0 spiro atoms. The van der Waals surface area contributed by atoms with Crippen molar-refractivity contribution >= 4 is 11.9 Å². The molecule has 22 heavy (non-hydrogen) atoms. The standard InChI is InChI=1S/C15H21N5O2/c1-15(2,3)22-14(21)20-6-4-11(5-7-20)19-13-8-12(9-16)17-10-18-13/h8,10-11H,4-7H2,1-3H3,(H,17,18,19). The van der Waals surface area contributed by atoms with Gasteiger partial charge in [-0.05, 0) is 33.6 Å². The van der Waals surface area contributed by atoms with E-state index >= 15 is 0 Å². The number of nitrogens with one attached hydrogen (secondary N) is 1. The number of carbonyl (C=O) groups is 1. The molecule has 0 aromatic carbocycles. The fraction of sp³-hybridized carbons (Fsp3) is 0.600. The second kappa shape index (κ2) is 6.60. The summed E-state index contributed by atoms with van der Waals surface area (Å²) in [5.41, 5.74) is -0.135. The van der Waals surface area contributed by atoms with Crippen molar-refractivity contribution in [3.63, 3.8) is 0 Å². The zero-order valence-electron chi connectivity index (χ0n) is 13.2. The van der Waals surface area contributed by atoms with Gasteiger partial charge in [0, 0.05) is 25.2 Å². The van der Waals surface area contributed by atoms with Crippen LogP contribution in [0.2, 0.25) is 0 Å². The van der Waals surface area contributed by atoms with Crippen LogP contribution in [-0.4, -0.2) is 45.7 Å². The summed E-state index contributed by atoms with van der Waals surface area (Å²) in [7, 11) is 0. The second-order valence-electron chi connectivity index (χ2n) is 6.29. The quantitative estimate of drug-likeness (QED) is 0.900. The Bertz CT molecular complexity index is 568. The Morgan fingerprint density at radius 2 is 2.09 bits per heavy atom. The first kappa shape index (κ1) is 16.0. The summed E-state index contributed by atoms with van der Waals surface area (Å²) < 4.78 is 5.37. The first-order chi connectivity index (χ1) is 10.4. The zero-order valence-corrected chi connectivity index (χ0v) is 13.2. The SMILES string of the molecule is CC(C)(C)OC(=O)N1CCC(Nc2cc(C#N)ncn2)CC1. The Kier molecular flexibility index (Phi) is 4.81. The van der Waals surface area contributed by atoms with E-state index in [0.29, 0.717) is 24.6 Å². The van der Waals surface area contributed by atoms with E-state index in [1.807, 2.05) is 26.8 Å². The van der Waals surface area contributed by atoms with E-state index < -0.39 is 5.60 Å². The van der Waals surface area contributed by atoms with Crippen LogP contribution in [0.4, 0.5) is 10.6 Å². The van der Waals surface area contributed by atoms with E-state index in [9.17, 15) is 4.79 Å². The summed E-state index contributed by atoms with van der Waals surface area (Å²) >= 11 is 0. The lowest BCUT2D eigenvalue weighted by Gasteiger charge is -2.33. The first-order valence-electron chi connectivity index (χ1n) is 7.34. The number of piperidine rings is 1. The number of hydrogen-bond acceptors (Lipinski definition) is 6. The molecule has 0 saturated carbocycles. The summed E-state index contributed by atoms with van der Waals surface area (Å²) in [6.07, 6.45) is 2.73. The molecule has 7 heteroatoms. The van der Waals surface area contributed by atoms with Crippen molar-refractivity contribution in [2.75, 3.05) is 18.4 Å². The highest BCUT2D eigenvalue weighted by Gasteiger charge is 2.26. The lowest BCUT2D eigenvalue weighted by Crippen LogP contribution is -2.44. The van der Waals surface area contributed by atoms with E-state index in [0.717, 1.165) is 12.8 Å². The number of nitriles is 1. The maximum atomic E-state index is 12.0. The van der Waals surface area contributed by atoms with Crippen molar-refractivity contribution < 1.29 is 9.53 Å². The second-order valence-corrected chi connectivity index (χ2v) is 6.29. The largest absolute Gasteiger partial charge is 0.444 e. The van der Waals surface area contributed by atoms with Gasteiger partial charge in [-0.15, -0.1) is 0 Å². The fourth-order valence-corrected chi connectivity index (χ4v) is 2.24. The molecule has 0 atom stereocenters. The first-order valence-corrected chi connectivity index (χ1v) is 7.34. The predicted octanol–water partition coefficient (Wildman–Crippen LogP) is 2.16. The number of anilines is 1. The molecule has 2 rings (SSSR count). The maximum absolute atomic E-state index is 12.0. The molecule has 118 valence electrons. The highest BCUT2D eigenvalue weighted by Crippen LogP contribution is 2.18. The van der Waals surface area contributed by atoms with Gasteiger partial charge in [0.2, 0.25) is 0 Å². The van der Waals surface area contributed by atoms with Gasteiger partial charge in [0.15, 0.2) is 0 Å². The smallest absolute Gasteiger partial charge is 0.410 e. The van der Waals surface area contributed by atoms with Crippen LogP contribution in [0.15, 0.2) is 12.4 Å². The highest BCUT2D eigenvalue weighted by molar-refractivity contribution is 5.68. The third-order valence-corrected chi connectivity index (χ3v) is 3.28. The van der Waals surface area contributed by atoms with Gasteiger partial charge in [-0.1, -0.05) is 0 Å². The average Bonchev–Trinajstić information content (AvgIpc) is 2.46. The monoisotopic (exact) mass is 303 g/mol. The minimum absolute atomic E-state index is 0.222. The number of rotatable bonds is 2. The minimum Gasteiger partial charge on any atom is -0.444 e. The van der Waals surface area contributed by atoms with E-state index in [2.05, 4.69) is 15.3 Å². The summed E-state index contributed by atoms with van der Waals surface area (Å²) in [4.78, 5) is 21.7. The van der Waals surface area contributed by atoms with Gasteiger partial charge < -0.3 is 15.0 Å². The molecule has 1 saturated heterocycles. The molecular formula is C15H21N5O2. The topological polar surface area (TPSA) is 91.1 Å². The van der Waals surface area contributed by atoms with Gasteiger partial charge in [0.25, 0.3) is 0 Å². The summed E-state index contributed by atoms with van der Waals surface area (Å²) in [6, 6.07) is 3.84. The van der Waals surface area contributed by atoms with Gasteiger partial charge in [-0.2, -0.15) is 5.26 Å². The summed E-state index contributed by atoms with van der Waals surface area (Å²) in [5.74, 6) is 0.641. The van der Waals surface area contributed by atoms with Gasteiger partial charge in [-0.25, -0.2) is 14.8 Å². The fourth-order valence-electron chi connectivity index (χ4n) is 2.24. The van der Waals surface area contributed by atoms with Gasteiger partial charge in [0.05, 0.1) is 0 Å². The zero-order chi connectivity index (χ0) is 16.2. The Morgan fingerprint density at radius 3 is 2.68 bits per heavy atom. The maximum Gasteiger partial charge on any atom is 0.410 e. The average molecular weight is 303 g/mol. The number of hydrogen-bond donors (Lipinski definition) is 1. The van der Waals surface area contributed by atoms with E-state index in [1.54, 1.807) is 11.0 Å². The summed E-state index contributed by atoms with van der Waals surface area (Å²) in [5, 5.41) is 12.1. The van der Waals surface area contributed by atoms with Crippen LogP contribution >= 0.6 is 0 Å². The number of amides is 1. The molecule has 2 heterocycles. The molecule has 1 aromatic heterocycles. The van der Waals surface area contributed by atoms with Crippen LogP contribution in [0.1, 0.15) is 39.3 Å². The normalized spacial score (nSPS) is 16.0. The van der Waals surface area contributed by atoms with E-state index in [-0.39, 0.29) is 12.1 Å². The Hall–Kier alpha value is -2.36. The lowest BCUT2D eigenvalue weighted by atomic mass is 10.1. The van der Waals surface area contributed by atoms with Crippen molar-refractivity contribution in [2.45, 2.75) is 45.3 Å². The van der Waals surface area contributed by atoms with Crippen molar-refractivity contribution in [1.82, 2.24) is 14.9 Å². The summed E-state index contributed by atoms with van der Waals surface area (Å²) in [6.45, 7) is 6.87. The van der Waals surface area contributed by atoms with Crippen LogP contribution in [0, 0.1) is 11.3 Å². The van der Waals surface area contributed by atoms with Crippen molar-refractivity contribution in [3.8, 4) is 6.07 Å². The Morgan fingerprint density at radius 1 is 1.41 bits per heavy atom. The molecule has 1 aromatic rings. The van der Waals surface area contributed by atoms with Gasteiger partial charge >= 0.3 is 6.09 Å². The molecule has 1 N–H and O–H groups in total. The lowest BCUT2D eigenvalue weighted by molar-refractivity contribution is 0.0210. The molecule has 1 aliphatic heterocycles. The van der Waals surface area contributed by atoms with Crippen LogP contribution in [0.3, 0.4) is 0 Å². The number of carbonyl (C=O) groups excluding carboxylic acids is 1. The number of aromatic nitrogens is 2. The Balaban J connectivity index is 1.84. The molecule has 0 radical (unpaired) electrons. The minimum atomic E-state index is -0.471. The van der Waals surface area contributed by atoms with E-state index in [4.69, 9.17) is 10.00 Å². The van der Waals surface area contributed by atoms with Crippen molar-refractivity contribution in [3.05, 3.63) is 18.1 Å².